The standard InChI is InChI=1S/C17H24N6OS/c1-2-16-21-10-13(25-16)17(24)23(12-4-3-7-19-8-5-12)11-15-20-9-6-14(18)22-15/h6,9-10,12,19H,2-5,7-8,11H2,1H3,(H2,18,20,22). The van der Waals surface area contributed by atoms with Crippen LogP contribution in [-0.4, -0.2) is 44.9 Å². The zero-order valence-electron chi connectivity index (χ0n) is 14.4. The summed E-state index contributed by atoms with van der Waals surface area (Å²) < 4.78 is 0. The molecule has 3 heterocycles. The average Bonchev–Trinajstić information content (AvgIpc) is 2.94. The second-order valence-electron chi connectivity index (χ2n) is 6.14. The lowest BCUT2D eigenvalue weighted by atomic mass is 10.1. The molecule has 0 bridgehead atoms. The molecular formula is C17H24N6OS. The van der Waals surface area contributed by atoms with E-state index in [-0.39, 0.29) is 11.9 Å². The molecule has 2 aromatic heterocycles. The van der Waals surface area contributed by atoms with Gasteiger partial charge in [0.15, 0.2) is 0 Å². The van der Waals surface area contributed by atoms with Crippen molar-refractivity contribution in [3.05, 3.63) is 34.2 Å². The molecule has 3 rings (SSSR count). The first-order valence-electron chi connectivity index (χ1n) is 8.71. The van der Waals surface area contributed by atoms with Crippen molar-refractivity contribution >= 4 is 23.1 Å². The smallest absolute Gasteiger partial charge is 0.266 e. The maximum Gasteiger partial charge on any atom is 0.266 e. The molecule has 0 spiro atoms. The Kier molecular flexibility index (Phi) is 5.93. The second kappa shape index (κ2) is 8.35. The summed E-state index contributed by atoms with van der Waals surface area (Å²) in [5, 5.41) is 4.38. The highest BCUT2D eigenvalue weighted by Gasteiger charge is 2.27. The fraction of sp³-hybridized carbons (Fsp3) is 0.529. The summed E-state index contributed by atoms with van der Waals surface area (Å²) in [5.41, 5.74) is 5.77. The minimum absolute atomic E-state index is 0.00937. The number of nitrogens with one attached hydrogen (secondary N) is 1. The Hall–Kier alpha value is -2.06. The molecule has 1 fully saturated rings. The molecule has 25 heavy (non-hydrogen) atoms. The van der Waals surface area contributed by atoms with Gasteiger partial charge < -0.3 is 16.0 Å². The van der Waals surface area contributed by atoms with Crippen molar-refractivity contribution in [2.75, 3.05) is 18.8 Å². The highest BCUT2D eigenvalue weighted by molar-refractivity contribution is 7.13. The van der Waals surface area contributed by atoms with Crippen molar-refractivity contribution in [3.63, 3.8) is 0 Å². The van der Waals surface area contributed by atoms with Crippen LogP contribution in [0.3, 0.4) is 0 Å². The third-order valence-corrected chi connectivity index (χ3v) is 5.48. The fourth-order valence-electron chi connectivity index (χ4n) is 3.04. The van der Waals surface area contributed by atoms with E-state index < -0.39 is 0 Å². The molecule has 1 aliphatic heterocycles. The van der Waals surface area contributed by atoms with Gasteiger partial charge in [-0.25, -0.2) is 15.0 Å². The van der Waals surface area contributed by atoms with E-state index in [1.54, 1.807) is 18.5 Å². The SMILES string of the molecule is CCc1ncc(C(=O)N(Cc2nccc(N)n2)C2CCCNCC2)s1. The lowest BCUT2D eigenvalue weighted by Gasteiger charge is -2.30. The number of carbonyl (C=O) groups excluding carboxylic acids is 1. The molecule has 3 N–H and O–H groups in total. The van der Waals surface area contributed by atoms with Crippen LogP contribution in [0.15, 0.2) is 18.5 Å². The van der Waals surface area contributed by atoms with Gasteiger partial charge in [0.25, 0.3) is 5.91 Å². The topological polar surface area (TPSA) is 97.0 Å². The van der Waals surface area contributed by atoms with E-state index >= 15 is 0 Å². The van der Waals surface area contributed by atoms with Crippen LogP contribution < -0.4 is 11.1 Å². The molecule has 7 nitrogen and oxygen atoms in total. The first-order chi connectivity index (χ1) is 12.2. The Labute approximate surface area is 151 Å². The van der Waals surface area contributed by atoms with Crippen LogP contribution in [-0.2, 0) is 13.0 Å². The van der Waals surface area contributed by atoms with E-state index in [9.17, 15) is 4.79 Å². The highest BCUT2D eigenvalue weighted by Crippen LogP contribution is 2.22. The zero-order valence-corrected chi connectivity index (χ0v) is 15.3. The summed E-state index contributed by atoms with van der Waals surface area (Å²) in [6.07, 6.45) is 7.11. The van der Waals surface area contributed by atoms with Gasteiger partial charge in [-0.15, -0.1) is 11.3 Å². The molecule has 1 aliphatic rings. The fourth-order valence-corrected chi connectivity index (χ4v) is 3.85. The number of aromatic nitrogens is 3. The molecule has 0 aliphatic carbocycles. The number of nitrogen functional groups attached to an aromatic ring is 1. The monoisotopic (exact) mass is 360 g/mol. The molecule has 1 atom stereocenters. The predicted molar refractivity (Wildman–Crippen MR) is 98.3 cm³/mol. The summed E-state index contributed by atoms with van der Waals surface area (Å²) in [6.45, 7) is 4.32. The first kappa shape index (κ1) is 17.8. The quantitative estimate of drug-likeness (QED) is 0.845. The van der Waals surface area contributed by atoms with Crippen molar-refractivity contribution in [3.8, 4) is 0 Å². The molecule has 0 radical (unpaired) electrons. The number of thiazole rings is 1. The van der Waals surface area contributed by atoms with Crippen LogP contribution in [0.5, 0.6) is 0 Å². The van der Waals surface area contributed by atoms with Gasteiger partial charge in [-0.3, -0.25) is 4.79 Å². The van der Waals surface area contributed by atoms with Crippen molar-refractivity contribution in [1.82, 2.24) is 25.2 Å². The molecular weight excluding hydrogens is 336 g/mol. The number of nitrogens with zero attached hydrogens (tertiary/aromatic N) is 4. The van der Waals surface area contributed by atoms with E-state index in [4.69, 9.17) is 5.73 Å². The van der Waals surface area contributed by atoms with Crippen molar-refractivity contribution in [1.29, 1.82) is 0 Å². The maximum absolute atomic E-state index is 13.2. The van der Waals surface area contributed by atoms with Crippen LogP contribution in [0.4, 0.5) is 5.82 Å². The highest BCUT2D eigenvalue weighted by atomic mass is 32.1. The van der Waals surface area contributed by atoms with E-state index in [0.717, 1.165) is 43.8 Å². The predicted octanol–water partition coefficient (Wildman–Crippen LogP) is 1.86. The van der Waals surface area contributed by atoms with Gasteiger partial charge in [0.1, 0.15) is 16.5 Å². The number of anilines is 1. The molecule has 8 heteroatoms. The summed E-state index contributed by atoms with van der Waals surface area (Å²) in [4.78, 5) is 28.6. The lowest BCUT2D eigenvalue weighted by Crippen LogP contribution is -2.40. The summed E-state index contributed by atoms with van der Waals surface area (Å²) in [6, 6.07) is 1.82. The van der Waals surface area contributed by atoms with Gasteiger partial charge in [-0.1, -0.05) is 6.92 Å². The molecule has 134 valence electrons. The van der Waals surface area contributed by atoms with Crippen LogP contribution >= 0.6 is 11.3 Å². The van der Waals surface area contributed by atoms with Gasteiger partial charge in [0, 0.05) is 12.2 Å². The Balaban J connectivity index is 1.85. The van der Waals surface area contributed by atoms with Crippen molar-refractivity contribution in [2.45, 2.75) is 45.2 Å². The normalized spacial score (nSPS) is 17.9. The summed E-state index contributed by atoms with van der Waals surface area (Å²) in [5.74, 6) is 1.01. The third kappa shape index (κ3) is 4.52. The van der Waals surface area contributed by atoms with Gasteiger partial charge >= 0.3 is 0 Å². The Morgan fingerprint density at radius 3 is 3.04 bits per heavy atom. The first-order valence-corrected chi connectivity index (χ1v) is 9.52. The van der Waals surface area contributed by atoms with Crippen LogP contribution in [0.1, 0.15) is 46.7 Å². The molecule has 1 saturated heterocycles. The lowest BCUT2D eigenvalue weighted by molar-refractivity contribution is 0.0644. The van der Waals surface area contributed by atoms with Crippen molar-refractivity contribution in [2.24, 2.45) is 0 Å². The van der Waals surface area contributed by atoms with Gasteiger partial charge in [0.05, 0.1) is 17.7 Å². The Morgan fingerprint density at radius 1 is 1.40 bits per heavy atom. The molecule has 1 amide bonds. The number of carbonyl (C=O) groups is 1. The van der Waals surface area contributed by atoms with Crippen LogP contribution in [0, 0.1) is 0 Å². The molecule has 0 aromatic carbocycles. The summed E-state index contributed by atoms with van der Waals surface area (Å²) >= 11 is 1.47. The Morgan fingerprint density at radius 2 is 2.28 bits per heavy atom. The molecule has 2 aromatic rings. The zero-order chi connectivity index (χ0) is 17.6. The maximum atomic E-state index is 13.2. The van der Waals surface area contributed by atoms with E-state index in [1.165, 1.54) is 11.3 Å². The average molecular weight is 360 g/mol. The Bertz CT molecular complexity index is 711. The minimum Gasteiger partial charge on any atom is -0.384 e. The van der Waals surface area contributed by atoms with Crippen LogP contribution in [0.2, 0.25) is 0 Å². The third-order valence-electron chi connectivity index (χ3n) is 4.35. The molecule has 0 saturated carbocycles. The number of hydrogen-bond acceptors (Lipinski definition) is 7. The minimum atomic E-state index is 0.00937. The number of amides is 1. The number of rotatable bonds is 5. The van der Waals surface area contributed by atoms with E-state index in [0.29, 0.717) is 23.1 Å². The van der Waals surface area contributed by atoms with E-state index in [2.05, 4.69) is 20.3 Å². The van der Waals surface area contributed by atoms with E-state index in [1.807, 2.05) is 11.8 Å². The van der Waals surface area contributed by atoms with Gasteiger partial charge in [-0.05, 0) is 44.8 Å². The van der Waals surface area contributed by atoms with Gasteiger partial charge in [-0.2, -0.15) is 0 Å². The molecule has 1 unspecified atom stereocenters. The van der Waals surface area contributed by atoms with Crippen LogP contribution in [0.25, 0.3) is 0 Å². The summed E-state index contributed by atoms with van der Waals surface area (Å²) in [7, 11) is 0. The largest absolute Gasteiger partial charge is 0.384 e. The number of nitrogens with two attached hydrogens (primary N) is 1. The number of hydrogen-bond donors (Lipinski definition) is 2. The van der Waals surface area contributed by atoms with Gasteiger partial charge in [0.2, 0.25) is 0 Å². The second-order valence-corrected chi connectivity index (χ2v) is 7.25. The number of aryl methyl sites for hydroxylation is 1. The van der Waals surface area contributed by atoms with Crippen molar-refractivity contribution < 1.29 is 4.79 Å².